The zero-order chi connectivity index (χ0) is 12.3. The van der Waals surface area contributed by atoms with E-state index in [0.717, 1.165) is 15.9 Å². The summed E-state index contributed by atoms with van der Waals surface area (Å²) in [6.07, 6.45) is 2.63. The van der Waals surface area contributed by atoms with E-state index in [0.29, 0.717) is 0 Å². The molecule has 2 aromatic rings. The molecule has 1 unspecified atom stereocenters. The molecular weight excluding hydrogens is 413 g/mol. The SMILES string of the molecule is NNC(Cc1nccs1)c1cc(Br)ccc1I. The van der Waals surface area contributed by atoms with E-state index in [1.807, 2.05) is 17.6 Å². The monoisotopic (exact) mass is 423 g/mol. The lowest BCUT2D eigenvalue weighted by Crippen LogP contribution is -2.30. The fourth-order valence-corrected chi connectivity index (χ4v) is 3.32. The summed E-state index contributed by atoms with van der Waals surface area (Å²) in [4.78, 5) is 4.29. The molecule has 0 fully saturated rings. The van der Waals surface area contributed by atoms with E-state index in [-0.39, 0.29) is 6.04 Å². The van der Waals surface area contributed by atoms with Crippen molar-refractivity contribution in [1.29, 1.82) is 0 Å². The van der Waals surface area contributed by atoms with E-state index in [2.05, 4.69) is 61.1 Å². The Bertz CT molecular complexity index is 489. The van der Waals surface area contributed by atoms with E-state index >= 15 is 0 Å². The van der Waals surface area contributed by atoms with Gasteiger partial charge in [0.15, 0.2) is 0 Å². The van der Waals surface area contributed by atoms with Crippen molar-refractivity contribution < 1.29 is 0 Å². The smallest absolute Gasteiger partial charge is 0.0944 e. The number of hydrazine groups is 1. The minimum atomic E-state index is 0.0885. The number of nitrogens with two attached hydrogens (primary N) is 1. The minimum Gasteiger partial charge on any atom is -0.271 e. The lowest BCUT2D eigenvalue weighted by molar-refractivity contribution is 0.548. The van der Waals surface area contributed by atoms with Crippen molar-refractivity contribution in [2.24, 2.45) is 5.84 Å². The summed E-state index contributed by atoms with van der Waals surface area (Å²) in [6.45, 7) is 0. The zero-order valence-corrected chi connectivity index (χ0v) is 13.4. The van der Waals surface area contributed by atoms with Gasteiger partial charge in [0.2, 0.25) is 0 Å². The highest BCUT2D eigenvalue weighted by Crippen LogP contribution is 2.26. The first-order chi connectivity index (χ1) is 8.20. The summed E-state index contributed by atoms with van der Waals surface area (Å²) in [5.74, 6) is 5.65. The normalized spacial score (nSPS) is 12.6. The predicted octanol–water partition coefficient (Wildman–Crippen LogP) is 3.26. The molecule has 1 heterocycles. The van der Waals surface area contributed by atoms with Crippen LogP contribution in [0.15, 0.2) is 34.2 Å². The molecule has 0 saturated heterocycles. The Morgan fingerprint density at radius 2 is 2.35 bits per heavy atom. The number of rotatable bonds is 4. The molecule has 0 spiro atoms. The van der Waals surface area contributed by atoms with Gasteiger partial charge in [-0.15, -0.1) is 11.3 Å². The van der Waals surface area contributed by atoms with E-state index in [1.54, 1.807) is 11.3 Å². The first-order valence-electron chi connectivity index (χ1n) is 5.00. The molecule has 1 atom stereocenters. The number of nitrogens with zero attached hydrogens (tertiary/aromatic N) is 1. The van der Waals surface area contributed by atoms with Crippen LogP contribution in [0.5, 0.6) is 0 Å². The van der Waals surface area contributed by atoms with E-state index in [9.17, 15) is 0 Å². The van der Waals surface area contributed by atoms with Gasteiger partial charge in [0, 0.05) is 26.0 Å². The second kappa shape index (κ2) is 6.24. The fourth-order valence-electron chi connectivity index (χ4n) is 1.57. The van der Waals surface area contributed by atoms with Crippen LogP contribution in [0.2, 0.25) is 0 Å². The Balaban J connectivity index is 2.25. The number of hydrogen-bond acceptors (Lipinski definition) is 4. The van der Waals surface area contributed by atoms with Crippen molar-refractivity contribution in [2.45, 2.75) is 12.5 Å². The molecule has 1 aromatic carbocycles. The Kier molecular flexibility index (Phi) is 4.92. The summed E-state index contributed by atoms with van der Waals surface area (Å²) in [6, 6.07) is 6.29. The molecule has 0 aliphatic heterocycles. The molecule has 0 saturated carbocycles. The van der Waals surface area contributed by atoms with Crippen LogP contribution in [0, 0.1) is 3.57 Å². The molecule has 0 radical (unpaired) electrons. The molecule has 3 nitrogen and oxygen atoms in total. The highest BCUT2D eigenvalue weighted by atomic mass is 127. The summed E-state index contributed by atoms with van der Waals surface area (Å²) in [7, 11) is 0. The Labute approximate surface area is 126 Å². The Morgan fingerprint density at radius 3 is 3.00 bits per heavy atom. The molecule has 6 heteroatoms. The molecule has 2 rings (SSSR count). The lowest BCUT2D eigenvalue weighted by atomic mass is 10.1. The summed E-state index contributed by atoms with van der Waals surface area (Å²) in [5, 5.41) is 3.07. The number of halogens is 2. The number of thiazole rings is 1. The summed E-state index contributed by atoms with van der Waals surface area (Å²) in [5.41, 5.74) is 4.06. The van der Waals surface area contributed by atoms with Gasteiger partial charge in [-0.3, -0.25) is 11.3 Å². The van der Waals surface area contributed by atoms with Crippen LogP contribution >= 0.6 is 49.9 Å². The van der Waals surface area contributed by atoms with Crippen LogP contribution < -0.4 is 11.3 Å². The molecule has 0 aliphatic rings. The highest BCUT2D eigenvalue weighted by Gasteiger charge is 2.15. The second-order valence-corrected chi connectivity index (χ2v) is 6.57. The molecule has 1 aromatic heterocycles. The van der Waals surface area contributed by atoms with Gasteiger partial charge in [-0.05, 0) is 46.4 Å². The van der Waals surface area contributed by atoms with Crippen molar-refractivity contribution >= 4 is 49.9 Å². The second-order valence-electron chi connectivity index (χ2n) is 3.52. The Hall–Kier alpha value is -0.0200. The first kappa shape index (κ1) is 13.4. The van der Waals surface area contributed by atoms with Crippen molar-refractivity contribution in [1.82, 2.24) is 10.4 Å². The van der Waals surface area contributed by atoms with Gasteiger partial charge in [0.1, 0.15) is 0 Å². The number of aromatic nitrogens is 1. The fraction of sp³-hybridized carbons (Fsp3) is 0.182. The van der Waals surface area contributed by atoms with Gasteiger partial charge < -0.3 is 0 Å². The number of benzene rings is 1. The molecular formula is C11H11BrIN3S. The summed E-state index contributed by atoms with van der Waals surface area (Å²) >= 11 is 7.46. The molecule has 3 N–H and O–H groups in total. The maximum Gasteiger partial charge on any atom is 0.0944 e. The van der Waals surface area contributed by atoms with Gasteiger partial charge in [-0.25, -0.2) is 4.98 Å². The van der Waals surface area contributed by atoms with E-state index in [4.69, 9.17) is 5.84 Å². The van der Waals surface area contributed by atoms with Crippen LogP contribution in [0.1, 0.15) is 16.6 Å². The average Bonchev–Trinajstić information content (AvgIpc) is 2.82. The first-order valence-corrected chi connectivity index (χ1v) is 7.75. The largest absolute Gasteiger partial charge is 0.271 e. The molecule has 0 aliphatic carbocycles. The zero-order valence-electron chi connectivity index (χ0n) is 8.86. The quantitative estimate of drug-likeness (QED) is 0.450. The Morgan fingerprint density at radius 1 is 1.53 bits per heavy atom. The van der Waals surface area contributed by atoms with E-state index < -0.39 is 0 Å². The van der Waals surface area contributed by atoms with Gasteiger partial charge >= 0.3 is 0 Å². The van der Waals surface area contributed by atoms with Crippen molar-refractivity contribution in [2.75, 3.05) is 0 Å². The standard InChI is InChI=1S/C11H11BrIN3S/c12-7-1-2-9(13)8(5-7)10(16-14)6-11-15-3-4-17-11/h1-5,10,16H,6,14H2. The van der Waals surface area contributed by atoms with Gasteiger partial charge in [-0.2, -0.15) is 0 Å². The third-order valence-corrected chi connectivity index (χ3v) is 4.67. The van der Waals surface area contributed by atoms with Crippen molar-refractivity contribution in [3.8, 4) is 0 Å². The third kappa shape index (κ3) is 3.47. The number of hydrogen-bond donors (Lipinski definition) is 2. The van der Waals surface area contributed by atoms with Crippen molar-refractivity contribution in [3.63, 3.8) is 0 Å². The third-order valence-electron chi connectivity index (χ3n) is 2.40. The highest BCUT2D eigenvalue weighted by molar-refractivity contribution is 14.1. The minimum absolute atomic E-state index is 0.0885. The van der Waals surface area contributed by atoms with Crippen LogP contribution in [-0.4, -0.2) is 4.98 Å². The van der Waals surface area contributed by atoms with E-state index in [1.165, 1.54) is 9.13 Å². The van der Waals surface area contributed by atoms with Gasteiger partial charge in [-0.1, -0.05) is 15.9 Å². The maximum absolute atomic E-state index is 5.65. The average molecular weight is 424 g/mol. The molecule has 90 valence electrons. The lowest BCUT2D eigenvalue weighted by Gasteiger charge is -2.17. The molecule has 0 bridgehead atoms. The topological polar surface area (TPSA) is 50.9 Å². The van der Waals surface area contributed by atoms with Crippen LogP contribution in [0.25, 0.3) is 0 Å². The maximum atomic E-state index is 5.65. The van der Waals surface area contributed by atoms with Crippen LogP contribution in [0.4, 0.5) is 0 Å². The summed E-state index contributed by atoms with van der Waals surface area (Å²) < 4.78 is 2.26. The van der Waals surface area contributed by atoms with Crippen molar-refractivity contribution in [3.05, 3.63) is 48.4 Å². The van der Waals surface area contributed by atoms with Gasteiger partial charge in [0.25, 0.3) is 0 Å². The van der Waals surface area contributed by atoms with Crippen LogP contribution in [-0.2, 0) is 6.42 Å². The number of nitrogens with one attached hydrogen (secondary N) is 1. The molecule has 17 heavy (non-hydrogen) atoms. The molecule has 0 amide bonds. The van der Waals surface area contributed by atoms with Crippen LogP contribution in [0.3, 0.4) is 0 Å². The predicted molar refractivity (Wildman–Crippen MR) is 82.7 cm³/mol. The van der Waals surface area contributed by atoms with Gasteiger partial charge in [0.05, 0.1) is 11.0 Å².